The lowest BCUT2D eigenvalue weighted by molar-refractivity contribution is 0.442. The van der Waals surface area contributed by atoms with Crippen molar-refractivity contribution in [2.45, 2.75) is 13.0 Å². The fourth-order valence-electron chi connectivity index (χ4n) is 1.77. The zero-order valence-electron chi connectivity index (χ0n) is 11.1. The molecule has 1 unspecified atom stereocenters. The van der Waals surface area contributed by atoms with Crippen LogP contribution in [0.3, 0.4) is 0 Å². The van der Waals surface area contributed by atoms with Crippen molar-refractivity contribution in [2.24, 2.45) is 0 Å². The van der Waals surface area contributed by atoms with E-state index in [2.05, 4.69) is 5.32 Å². The van der Waals surface area contributed by atoms with Crippen LogP contribution in [0, 0.1) is 5.82 Å². The first-order valence-corrected chi connectivity index (χ1v) is 6.87. The Hall–Kier alpha value is -1.29. The minimum atomic E-state index is -0.585. The van der Waals surface area contributed by atoms with Gasteiger partial charge < -0.3 is 10.1 Å². The number of ether oxygens (including phenoxy) is 1. The van der Waals surface area contributed by atoms with Crippen molar-refractivity contribution in [2.75, 3.05) is 7.05 Å². The molecule has 2 nitrogen and oxygen atoms in total. The third kappa shape index (κ3) is 3.23. The molecule has 0 spiro atoms. The van der Waals surface area contributed by atoms with Crippen LogP contribution in [0.5, 0.6) is 11.5 Å². The highest BCUT2D eigenvalue weighted by atomic mass is 35.5. The monoisotopic (exact) mass is 313 g/mol. The largest absolute Gasteiger partial charge is 0.454 e. The molecule has 0 saturated carbocycles. The lowest BCUT2D eigenvalue weighted by atomic mass is 10.1. The van der Waals surface area contributed by atoms with E-state index in [-0.39, 0.29) is 16.8 Å². The second-order valence-corrected chi connectivity index (χ2v) is 5.16. The van der Waals surface area contributed by atoms with E-state index in [0.29, 0.717) is 10.8 Å². The van der Waals surface area contributed by atoms with E-state index < -0.39 is 5.82 Å². The van der Waals surface area contributed by atoms with Gasteiger partial charge in [0, 0.05) is 11.1 Å². The molecular weight excluding hydrogens is 300 g/mol. The molecule has 0 bridgehead atoms. The minimum Gasteiger partial charge on any atom is -0.454 e. The topological polar surface area (TPSA) is 21.3 Å². The molecule has 1 N–H and O–H groups in total. The predicted molar refractivity (Wildman–Crippen MR) is 80.4 cm³/mol. The van der Waals surface area contributed by atoms with E-state index in [1.807, 2.05) is 20.0 Å². The Morgan fingerprint density at radius 1 is 1.15 bits per heavy atom. The summed E-state index contributed by atoms with van der Waals surface area (Å²) in [7, 11) is 1.85. The van der Waals surface area contributed by atoms with Crippen molar-refractivity contribution < 1.29 is 9.13 Å². The van der Waals surface area contributed by atoms with Crippen molar-refractivity contribution in [1.29, 1.82) is 0 Å². The SMILES string of the molecule is CNC(C)c1ccc(Oc2cccc(Cl)c2F)cc1Cl. The molecule has 106 valence electrons. The Kier molecular flexibility index (Phi) is 4.86. The van der Waals surface area contributed by atoms with Gasteiger partial charge in [-0.3, -0.25) is 0 Å². The van der Waals surface area contributed by atoms with Crippen LogP contribution in [0.25, 0.3) is 0 Å². The first kappa shape index (κ1) is 15.1. The van der Waals surface area contributed by atoms with Gasteiger partial charge in [-0.25, -0.2) is 4.39 Å². The smallest absolute Gasteiger partial charge is 0.184 e. The van der Waals surface area contributed by atoms with Crippen molar-refractivity contribution in [3.8, 4) is 11.5 Å². The maximum absolute atomic E-state index is 13.8. The molecule has 20 heavy (non-hydrogen) atoms. The highest BCUT2D eigenvalue weighted by Gasteiger charge is 2.11. The number of halogens is 3. The zero-order valence-corrected chi connectivity index (χ0v) is 12.6. The standard InChI is InChI=1S/C15H14Cl2FNO/c1-9(19-2)11-7-6-10(8-13(11)17)20-14-5-3-4-12(16)15(14)18/h3-9,19H,1-2H3. The second kappa shape index (κ2) is 6.44. The van der Waals surface area contributed by atoms with Crippen molar-refractivity contribution in [3.05, 3.63) is 57.8 Å². The average Bonchev–Trinajstić information content (AvgIpc) is 2.43. The van der Waals surface area contributed by atoms with Crippen LogP contribution in [0.2, 0.25) is 10.0 Å². The van der Waals surface area contributed by atoms with Crippen LogP contribution in [0.1, 0.15) is 18.5 Å². The molecule has 2 aromatic rings. The Bertz CT molecular complexity index is 619. The summed E-state index contributed by atoms with van der Waals surface area (Å²) in [5.41, 5.74) is 0.952. The fourth-order valence-corrected chi connectivity index (χ4v) is 2.27. The van der Waals surface area contributed by atoms with Crippen LogP contribution in [-0.4, -0.2) is 7.05 Å². The van der Waals surface area contributed by atoms with Gasteiger partial charge >= 0.3 is 0 Å². The van der Waals surface area contributed by atoms with Gasteiger partial charge in [0.1, 0.15) is 5.75 Å². The molecule has 2 rings (SSSR count). The summed E-state index contributed by atoms with van der Waals surface area (Å²) in [6.07, 6.45) is 0. The van der Waals surface area contributed by atoms with Gasteiger partial charge in [-0.2, -0.15) is 0 Å². The van der Waals surface area contributed by atoms with Gasteiger partial charge in [-0.15, -0.1) is 0 Å². The van der Waals surface area contributed by atoms with Crippen molar-refractivity contribution in [3.63, 3.8) is 0 Å². The Labute approximate surface area is 127 Å². The molecule has 0 amide bonds. The summed E-state index contributed by atoms with van der Waals surface area (Å²) in [5, 5.41) is 3.69. The Morgan fingerprint density at radius 2 is 1.90 bits per heavy atom. The lowest BCUT2D eigenvalue weighted by Gasteiger charge is -2.14. The predicted octanol–water partition coefficient (Wildman–Crippen LogP) is 5.21. The molecule has 0 saturated heterocycles. The first-order chi connectivity index (χ1) is 9.52. The van der Waals surface area contributed by atoms with E-state index >= 15 is 0 Å². The number of benzene rings is 2. The molecule has 0 aliphatic heterocycles. The zero-order chi connectivity index (χ0) is 14.7. The van der Waals surface area contributed by atoms with Gasteiger partial charge in [0.15, 0.2) is 11.6 Å². The lowest BCUT2D eigenvalue weighted by Crippen LogP contribution is -2.12. The van der Waals surface area contributed by atoms with E-state index in [4.69, 9.17) is 27.9 Å². The number of hydrogen-bond acceptors (Lipinski definition) is 2. The number of nitrogens with one attached hydrogen (secondary N) is 1. The molecule has 5 heteroatoms. The molecule has 0 fully saturated rings. The second-order valence-electron chi connectivity index (χ2n) is 4.35. The number of hydrogen-bond donors (Lipinski definition) is 1. The normalized spacial score (nSPS) is 12.2. The maximum Gasteiger partial charge on any atom is 0.184 e. The highest BCUT2D eigenvalue weighted by molar-refractivity contribution is 6.31. The maximum atomic E-state index is 13.8. The van der Waals surface area contributed by atoms with Crippen LogP contribution >= 0.6 is 23.2 Å². The van der Waals surface area contributed by atoms with Gasteiger partial charge in [-0.05, 0) is 43.8 Å². The summed E-state index contributed by atoms with van der Waals surface area (Å²) in [4.78, 5) is 0. The van der Waals surface area contributed by atoms with Gasteiger partial charge in [0.05, 0.1) is 5.02 Å². The van der Waals surface area contributed by atoms with Crippen LogP contribution in [0.15, 0.2) is 36.4 Å². The summed E-state index contributed by atoms with van der Waals surface area (Å²) < 4.78 is 19.2. The van der Waals surface area contributed by atoms with Gasteiger partial charge in [0.2, 0.25) is 0 Å². The minimum absolute atomic E-state index is 0.0222. The third-order valence-corrected chi connectivity index (χ3v) is 3.63. The van der Waals surface area contributed by atoms with Gasteiger partial charge in [-0.1, -0.05) is 35.3 Å². The highest BCUT2D eigenvalue weighted by Crippen LogP contribution is 2.32. The molecule has 0 aliphatic carbocycles. The summed E-state index contributed by atoms with van der Waals surface area (Å²) >= 11 is 11.9. The van der Waals surface area contributed by atoms with Crippen molar-refractivity contribution in [1.82, 2.24) is 5.32 Å². The van der Waals surface area contributed by atoms with Crippen LogP contribution < -0.4 is 10.1 Å². The summed E-state index contributed by atoms with van der Waals surface area (Å²) in [6.45, 7) is 2.00. The molecule has 0 heterocycles. The molecule has 0 aromatic heterocycles. The van der Waals surface area contributed by atoms with E-state index in [9.17, 15) is 4.39 Å². The Balaban J connectivity index is 2.27. The van der Waals surface area contributed by atoms with Crippen molar-refractivity contribution >= 4 is 23.2 Å². The molecule has 0 aliphatic rings. The Morgan fingerprint density at radius 3 is 2.55 bits per heavy atom. The first-order valence-electron chi connectivity index (χ1n) is 6.11. The summed E-state index contributed by atoms with van der Waals surface area (Å²) in [6, 6.07) is 9.98. The molecule has 2 aromatic carbocycles. The quantitative estimate of drug-likeness (QED) is 0.837. The van der Waals surface area contributed by atoms with Crippen LogP contribution in [-0.2, 0) is 0 Å². The third-order valence-electron chi connectivity index (χ3n) is 3.02. The molecular formula is C15H14Cl2FNO. The van der Waals surface area contributed by atoms with Gasteiger partial charge in [0.25, 0.3) is 0 Å². The summed E-state index contributed by atoms with van der Waals surface area (Å²) in [5.74, 6) is -0.0517. The van der Waals surface area contributed by atoms with Crippen LogP contribution in [0.4, 0.5) is 4.39 Å². The van der Waals surface area contributed by atoms with E-state index in [0.717, 1.165) is 5.56 Å². The van der Waals surface area contributed by atoms with E-state index in [1.165, 1.54) is 12.1 Å². The average molecular weight is 314 g/mol. The molecule has 1 atom stereocenters. The van der Waals surface area contributed by atoms with E-state index in [1.54, 1.807) is 18.2 Å². The molecule has 0 radical (unpaired) electrons. The number of rotatable bonds is 4. The fraction of sp³-hybridized carbons (Fsp3) is 0.200.